The third-order valence-corrected chi connectivity index (χ3v) is 4.25. The van der Waals surface area contributed by atoms with Crippen LogP contribution < -0.4 is 5.32 Å². The standard InChI is InChI=1S/C14H19N.C3H8/c1-2-6-13-12(4-1)5-3-7-14(13)8-10-15-11-9-14;1-3-2/h1-2,4,6,15H,3,5,7-11H2;3H2,1-2H3. The molecule has 18 heavy (non-hydrogen) atoms. The molecule has 0 bridgehead atoms. The average Bonchev–Trinajstić information content (AvgIpc) is 2.41. The maximum absolute atomic E-state index is 3.49. The molecule has 1 heteroatoms. The van der Waals surface area contributed by atoms with Crippen molar-refractivity contribution >= 4 is 0 Å². The fraction of sp³-hybridized carbons (Fsp3) is 0.647. The Bertz CT molecular complexity index is 364. The lowest BCUT2D eigenvalue weighted by Crippen LogP contribution is -2.41. The van der Waals surface area contributed by atoms with Gasteiger partial charge in [-0.3, -0.25) is 0 Å². The van der Waals surface area contributed by atoms with E-state index >= 15 is 0 Å². The third-order valence-electron chi connectivity index (χ3n) is 4.25. The summed E-state index contributed by atoms with van der Waals surface area (Å²) < 4.78 is 0. The van der Waals surface area contributed by atoms with Gasteiger partial charge in [-0.2, -0.15) is 0 Å². The summed E-state index contributed by atoms with van der Waals surface area (Å²) in [4.78, 5) is 0. The smallest absolute Gasteiger partial charge is 0.00200 e. The highest BCUT2D eigenvalue weighted by Crippen LogP contribution is 2.43. The molecule has 1 heterocycles. The zero-order chi connectivity index (χ0) is 12.8. The predicted molar refractivity (Wildman–Crippen MR) is 79.1 cm³/mol. The summed E-state index contributed by atoms with van der Waals surface area (Å²) in [5, 5.41) is 3.49. The largest absolute Gasteiger partial charge is 0.317 e. The van der Waals surface area contributed by atoms with Gasteiger partial charge in [0.1, 0.15) is 0 Å². The number of nitrogens with one attached hydrogen (secondary N) is 1. The highest BCUT2D eigenvalue weighted by molar-refractivity contribution is 5.37. The molecule has 1 spiro atoms. The Hall–Kier alpha value is -0.820. The van der Waals surface area contributed by atoms with Gasteiger partial charge >= 0.3 is 0 Å². The Balaban J connectivity index is 0.000000367. The van der Waals surface area contributed by atoms with Gasteiger partial charge in [-0.1, -0.05) is 44.5 Å². The van der Waals surface area contributed by atoms with Crippen molar-refractivity contribution in [2.45, 2.75) is 57.8 Å². The molecule has 3 rings (SSSR count). The summed E-state index contributed by atoms with van der Waals surface area (Å²) in [6, 6.07) is 9.12. The second-order valence-corrected chi connectivity index (χ2v) is 5.75. The molecule has 1 aromatic rings. The van der Waals surface area contributed by atoms with Crippen LogP contribution in [-0.4, -0.2) is 13.1 Å². The van der Waals surface area contributed by atoms with Crippen LogP contribution in [0.2, 0.25) is 0 Å². The minimum absolute atomic E-state index is 0.528. The molecule has 1 nitrogen and oxygen atoms in total. The topological polar surface area (TPSA) is 12.0 Å². The molecule has 1 N–H and O–H groups in total. The highest BCUT2D eigenvalue weighted by atomic mass is 14.9. The zero-order valence-electron chi connectivity index (χ0n) is 12.0. The van der Waals surface area contributed by atoms with Gasteiger partial charge in [0.15, 0.2) is 0 Å². The van der Waals surface area contributed by atoms with Gasteiger partial charge in [0, 0.05) is 0 Å². The van der Waals surface area contributed by atoms with Crippen LogP contribution in [0.3, 0.4) is 0 Å². The van der Waals surface area contributed by atoms with Crippen LogP contribution >= 0.6 is 0 Å². The third kappa shape index (κ3) is 2.77. The van der Waals surface area contributed by atoms with E-state index in [1.807, 2.05) is 0 Å². The van der Waals surface area contributed by atoms with Crippen molar-refractivity contribution in [2.24, 2.45) is 0 Å². The van der Waals surface area contributed by atoms with Crippen LogP contribution in [0.4, 0.5) is 0 Å². The number of rotatable bonds is 0. The van der Waals surface area contributed by atoms with Crippen molar-refractivity contribution in [2.75, 3.05) is 13.1 Å². The van der Waals surface area contributed by atoms with E-state index in [9.17, 15) is 0 Å². The molecule has 1 aliphatic carbocycles. The van der Waals surface area contributed by atoms with E-state index in [1.165, 1.54) is 51.6 Å². The average molecular weight is 245 g/mol. The first-order valence-corrected chi connectivity index (χ1v) is 7.61. The summed E-state index contributed by atoms with van der Waals surface area (Å²) in [6.07, 6.45) is 8.02. The summed E-state index contributed by atoms with van der Waals surface area (Å²) in [6.45, 7) is 6.66. The predicted octanol–water partition coefficient (Wildman–Crippen LogP) is 4.06. The Morgan fingerprint density at radius 2 is 1.72 bits per heavy atom. The molecule has 100 valence electrons. The monoisotopic (exact) mass is 245 g/mol. The van der Waals surface area contributed by atoms with Gasteiger partial charge in [0.25, 0.3) is 0 Å². The first-order chi connectivity index (χ1) is 8.82. The van der Waals surface area contributed by atoms with E-state index in [2.05, 4.69) is 43.4 Å². The van der Waals surface area contributed by atoms with Gasteiger partial charge in [0.05, 0.1) is 0 Å². The van der Waals surface area contributed by atoms with Crippen LogP contribution in [0.25, 0.3) is 0 Å². The molecule has 0 aromatic heterocycles. The van der Waals surface area contributed by atoms with Crippen molar-refractivity contribution in [3.8, 4) is 0 Å². The molecular formula is C17H27N. The first-order valence-electron chi connectivity index (χ1n) is 7.61. The summed E-state index contributed by atoms with van der Waals surface area (Å²) in [5.41, 5.74) is 3.81. The number of hydrogen-bond acceptors (Lipinski definition) is 1. The summed E-state index contributed by atoms with van der Waals surface area (Å²) in [7, 11) is 0. The van der Waals surface area contributed by atoms with E-state index in [-0.39, 0.29) is 0 Å². The van der Waals surface area contributed by atoms with Crippen LogP contribution in [0.1, 0.15) is 57.1 Å². The van der Waals surface area contributed by atoms with Crippen LogP contribution in [0.15, 0.2) is 24.3 Å². The zero-order valence-corrected chi connectivity index (χ0v) is 12.0. The van der Waals surface area contributed by atoms with Crippen molar-refractivity contribution in [3.63, 3.8) is 0 Å². The summed E-state index contributed by atoms with van der Waals surface area (Å²) >= 11 is 0. The van der Waals surface area contributed by atoms with Crippen LogP contribution in [-0.2, 0) is 11.8 Å². The highest BCUT2D eigenvalue weighted by Gasteiger charge is 2.36. The lowest BCUT2D eigenvalue weighted by molar-refractivity contribution is 0.268. The molecule has 0 unspecified atom stereocenters. The van der Waals surface area contributed by atoms with Crippen molar-refractivity contribution < 1.29 is 0 Å². The molecular weight excluding hydrogens is 218 g/mol. The summed E-state index contributed by atoms with van der Waals surface area (Å²) in [5.74, 6) is 0. The maximum atomic E-state index is 3.49. The Kier molecular flexibility index (Phi) is 4.82. The molecule has 0 atom stereocenters. The van der Waals surface area contributed by atoms with Crippen LogP contribution in [0, 0.1) is 0 Å². The van der Waals surface area contributed by atoms with Gasteiger partial charge < -0.3 is 5.32 Å². The number of benzene rings is 1. The second kappa shape index (κ2) is 6.38. The fourth-order valence-corrected chi connectivity index (χ4v) is 3.43. The maximum Gasteiger partial charge on any atom is -0.00200 e. The van der Waals surface area contributed by atoms with Gasteiger partial charge in [-0.15, -0.1) is 0 Å². The number of fused-ring (bicyclic) bond motifs is 2. The van der Waals surface area contributed by atoms with Crippen molar-refractivity contribution in [3.05, 3.63) is 35.4 Å². The first kappa shape index (κ1) is 13.6. The molecule has 2 aliphatic rings. The molecule has 0 amide bonds. The molecule has 1 aromatic carbocycles. The van der Waals surface area contributed by atoms with E-state index in [4.69, 9.17) is 0 Å². The molecule has 0 saturated carbocycles. The fourth-order valence-electron chi connectivity index (χ4n) is 3.43. The Labute approximate surface area is 112 Å². The lowest BCUT2D eigenvalue weighted by Gasteiger charge is -2.42. The quantitative estimate of drug-likeness (QED) is 0.727. The molecule has 0 radical (unpaired) electrons. The van der Waals surface area contributed by atoms with Crippen molar-refractivity contribution in [1.82, 2.24) is 5.32 Å². The Morgan fingerprint density at radius 3 is 2.44 bits per heavy atom. The minimum atomic E-state index is 0.528. The van der Waals surface area contributed by atoms with Crippen LogP contribution in [0.5, 0.6) is 0 Å². The van der Waals surface area contributed by atoms with E-state index in [0.29, 0.717) is 5.41 Å². The minimum Gasteiger partial charge on any atom is -0.317 e. The van der Waals surface area contributed by atoms with E-state index < -0.39 is 0 Å². The lowest BCUT2D eigenvalue weighted by atomic mass is 9.65. The molecule has 1 saturated heterocycles. The number of aryl methyl sites for hydroxylation is 1. The van der Waals surface area contributed by atoms with Gasteiger partial charge in [-0.05, 0) is 61.7 Å². The number of hydrogen-bond donors (Lipinski definition) is 1. The molecule has 1 fully saturated rings. The van der Waals surface area contributed by atoms with Gasteiger partial charge in [-0.25, -0.2) is 0 Å². The normalized spacial score (nSPS) is 20.8. The molecule has 1 aliphatic heterocycles. The van der Waals surface area contributed by atoms with Gasteiger partial charge in [0.2, 0.25) is 0 Å². The Morgan fingerprint density at radius 1 is 1.06 bits per heavy atom. The van der Waals surface area contributed by atoms with E-state index in [1.54, 1.807) is 11.1 Å². The number of piperidine rings is 1. The SMILES string of the molecule is CCC.c1ccc2c(c1)CCCC21CCNCC1. The van der Waals surface area contributed by atoms with E-state index in [0.717, 1.165) is 0 Å². The second-order valence-electron chi connectivity index (χ2n) is 5.75. The van der Waals surface area contributed by atoms with Crippen molar-refractivity contribution in [1.29, 1.82) is 0 Å².